The summed E-state index contributed by atoms with van der Waals surface area (Å²) in [5.41, 5.74) is 5.29. The summed E-state index contributed by atoms with van der Waals surface area (Å²) in [6.45, 7) is 14.9. The van der Waals surface area contributed by atoms with Crippen LogP contribution in [0.1, 0.15) is 60.8 Å². The molecule has 4 aliphatic rings. The molecule has 0 spiro atoms. The maximum Gasteiger partial charge on any atom is 0.258 e. The first kappa shape index (κ1) is 31.2. The highest BCUT2D eigenvalue weighted by Gasteiger charge is 2.36. The van der Waals surface area contributed by atoms with Gasteiger partial charge in [-0.2, -0.15) is 0 Å². The van der Waals surface area contributed by atoms with Crippen LogP contribution in [0.25, 0.3) is 5.70 Å². The maximum absolute atomic E-state index is 12.5. The molecule has 2 aliphatic heterocycles. The minimum absolute atomic E-state index is 0.0302. The molecule has 0 radical (unpaired) electrons. The second kappa shape index (κ2) is 16.0. The Bertz CT molecular complexity index is 1120. The Morgan fingerprint density at radius 1 is 1.03 bits per heavy atom. The van der Waals surface area contributed by atoms with Crippen LogP contribution in [0.4, 0.5) is 0 Å². The zero-order valence-corrected chi connectivity index (χ0v) is 24.9. The number of ether oxygens (including phenoxy) is 1. The summed E-state index contributed by atoms with van der Waals surface area (Å²) < 4.78 is 7.18. The minimum Gasteiger partial charge on any atom is -0.494 e. The van der Waals surface area contributed by atoms with Crippen LogP contribution >= 0.6 is 0 Å². The average Bonchev–Trinajstić information content (AvgIpc) is 3.10. The second-order valence-corrected chi connectivity index (χ2v) is 9.48. The third-order valence-corrected chi connectivity index (χ3v) is 6.85. The van der Waals surface area contributed by atoms with E-state index in [-0.39, 0.29) is 5.56 Å². The zero-order chi connectivity index (χ0) is 28.1. The molecule has 0 N–H and O–H groups in total. The first-order chi connectivity index (χ1) is 18.5. The van der Waals surface area contributed by atoms with Crippen molar-refractivity contribution in [2.75, 3.05) is 33.8 Å². The summed E-state index contributed by atoms with van der Waals surface area (Å²) in [5.74, 6) is 1.28. The third kappa shape index (κ3) is 8.22. The van der Waals surface area contributed by atoms with Gasteiger partial charge in [-0.3, -0.25) is 9.36 Å². The van der Waals surface area contributed by atoms with Crippen molar-refractivity contribution in [2.24, 2.45) is 5.92 Å². The van der Waals surface area contributed by atoms with E-state index in [1.54, 1.807) is 10.6 Å². The fourth-order valence-corrected chi connectivity index (χ4v) is 4.99. The summed E-state index contributed by atoms with van der Waals surface area (Å²) in [6, 6.07) is 3.86. The molecule has 0 aromatic carbocycles. The molecule has 38 heavy (non-hydrogen) atoms. The van der Waals surface area contributed by atoms with E-state index in [4.69, 9.17) is 4.74 Å². The number of aromatic nitrogens is 1. The number of fused-ring (bicyclic) bond motifs is 1. The summed E-state index contributed by atoms with van der Waals surface area (Å²) in [6.07, 6.45) is 22.1. The molecule has 5 rings (SSSR count). The van der Waals surface area contributed by atoms with E-state index in [2.05, 4.69) is 79.6 Å². The molecule has 2 aliphatic carbocycles. The van der Waals surface area contributed by atoms with Crippen molar-refractivity contribution in [1.29, 1.82) is 0 Å². The van der Waals surface area contributed by atoms with E-state index in [1.165, 1.54) is 16.7 Å². The lowest BCUT2D eigenvalue weighted by atomic mass is 9.86. The highest BCUT2D eigenvalue weighted by molar-refractivity contribution is 5.55. The van der Waals surface area contributed by atoms with Gasteiger partial charge in [-0.05, 0) is 63.4 Å². The lowest BCUT2D eigenvalue weighted by Crippen LogP contribution is -2.44. The number of rotatable bonds is 4. The third-order valence-electron chi connectivity index (χ3n) is 6.85. The van der Waals surface area contributed by atoms with Gasteiger partial charge in [-0.15, -0.1) is 0 Å². The smallest absolute Gasteiger partial charge is 0.258 e. The molecule has 5 nitrogen and oxygen atoms in total. The Morgan fingerprint density at radius 2 is 1.76 bits per heavy atom. The van der Waals surface area contributed by atoms with E-state index in [0.717, 1.165) is 38.0 Å². The van der Waals surface area contributed by atoms with E-state index >= 15 is 0 Å². The second-order valence-electron chi connectivity index (χ2n) is 9.48. The molecule has 1 atom stereocenters. The van der Waals surface area contributed by atoms with E-state index in [1.807, 2.05) is 46.9 Å². The Kier molecular flexibility index (Phi) is 13.1. The van der Waals surface area contributed by atoms with Gasteiger partial charge < -0.3 is 14.5 Å². The molecule has 1 aromatic rings. The predicted octanol–water partition coefficient (Wildman–Crippen LogP) is 7.07. The lowest BCUT2D eigenvalue weighted by Gasteiger charge is -2.37. The summed E-state index contributed by atoms with van der Waals surface area (Å²) in [4.78, 5) is 17.2. The van der Waals surface area contributed by atoms with Crippen LogP contribution in [0.15, 0.2) is 88.6 Å². The number of hydrogen-bond donors (Lipinski definition) is 0. The predicted molar refractivity (Wildman–Crippen MR) is 163 cm³/mol. The summed E-state index contributed by atoms with van der Waals surface area (Å²) in [7, 11) is 4.34. The lowest BCUT2D eigenvalue weighted by molar-refractivity contribution is 0.163. The topological polar surface area (TPSA) is 37.7 Å². The highest BCUT2D eigenvalue weighted by Crippen LogP contribution is 2.39. The quantitative estimate of drug-likeness (QED) is 0.426. The number of allylic oxidation sites excluding steroid dienone is 9. The number of hydrogen-bond acceptors (Lipinski definition) is 4. The van der Waals surface area contributed by atoms with Gasteiger partial charge in [0.15, 0.2) is 0 Å². The van der Waals surface area contributed by atoms with E-state index < -0.39 is 0 Å². The van der Waals surface area contributed by atoms with Crippen LogP contribution in [0, 0.1) is 5.92 Å². The SMILES string of the molecule is CC.CC.CC1=CCC=CC=C1.CCOc1ccn(C2=CC=C3C(C4CN(C)C4)=CN(C)C3CC2)c(=O)c1. The van der Waals surface area contributed by atoms with Crippen molar-refractivity contribution in [3.8, 4) is 5.75 Å². The van der Waals surface area contributed by atoms with Gasteiger partial charge >= 0.3 is 0 Å². The highest BCUT2D eigenvalue weighted by atomic mass is 16.5. The van der Waals surface area contributed by atoms with Crippen molar-refractivity contribution in [2.45, 2.75) is 66.8 Å². The first-order valence-corrected chi connectivity index (χ1v) is 14.4. The molecule has 1 saturated heterocycles. The molecule has 0 amide bonds. The van der Waals surface area contributed by atoms with Gasteiger partial charge in [0.25, 0.3) is 5.56 Å². The van der Waals surface area contributed by atoms with E-state index in [0.29, 0.717) is 24.3 Å². The number of pyridine rings is 1. The van der Waals surface area contributed by atoms with Crippen molar-refractivity contribution >= 4 is 5.70 Å². The monoisotopic (exact) mass is 519 g/mol. The molecule has 1 unspecified atom stereocenters. The Balaban J connectivity index is 0.000000356. The van der Waals surface area contributed by atoms with Crippen LogP contribution in [0.3, 0.4) is 0 Å². The molecule has 1 fully saturated rings. The number of likely N-dealkylation sites (tertiary alicyclic amines) is 1. The van der Waals surface area contributed by atoms with Crippen LogP contribution in [0.2, 0.25) is 0 Å². The normalized spacial score (nSPS) is 20.2. The van der Waals surface area contributed by atoms with Gasteiger partial charge in [0.05, 0.1) is 12.6 Å². The van der Waals surface area contributed by atoms with Gasteiger partial charge in [0.1, 0.15) is 5.75 Å². The van der Waals surface area contributed by atoms with Crippen LogP contribution in [-0.2, 0) is 0 Å². The van der Waals surface area contributed by atoms with E-state index in [9.17, 15) is 4.79 Å². The Hall–Kier alpha value is -3.05. The van der Waals surface area contributed by atoms with Crippen molar-refractivity contribution in [3.05, 3.63) is 94.1 Å². The van der Waals surface area contributed by atoms with Crippen molar-refractivity contribution in [1.82, 2.24) is 14.4 Å². The van der Waals surface area contributed by atoms with Crippen LogP contribution in [0.5, 0.6) is 5.75 Å². The molecular weight excluding hydrogens is 470 g/mol. The largest absolute Gasteiger partial charge is 0.494 e. The first-order valence-electron chi connectivity index (χ1n) is 14.4. The Morgan fingerprint density at radius 3 is 2.42 bits per heavy atom. The molecular formula is C33H49N3O2. The van der Waals surface area contributed by atoms with Gasteiger partial charge in [0, 0.05) is 50.2 Å². The van der Waals surface area contributed by atoms with Crippen molar-refractivity contribution < 1.29 is 4.74 Å². The standard InChI is InChI=1S/C21H27N3O2.C8H10.2C2H6/c1-4-26-17-9-10-24(21(25)11-17)16-5-7-18-19(15-12-22(2)13-15)14-23(3)20(18)8-6-16;1-8-6-4-2-3-5-7-8;2*1-2/h5,7,9-11,14-15,20H,4,6,8,12-13H2,1-3H3;2-4,6-7H,5H2,1H3;2*1-2H3. The van der Waals surface area contributed by atoms with Crippen molar-refractivity contribution in [3.63, 3.8) is 0 Å². The Labute approximate surface area is 231 Å². The number of likely N-dealkylation sites (N-methyl/N-ethyl adjacent to an activating group) is 1. The van der Waals surface area contributed by atoms with Gasteiger partial charge in [-0.1, -0.05) is 69.7 Å². The summed E-state index contributed by atoms with van der Waals surface area (Å²) in [5, 5.41) is 0. The maximum atomic E-state index is 12.5. The van der Waals surface area contributed by atoms with Gasteiger partial charge in [0.2, 0.25) is 0 Å². The molecule has 3 heterocycles. The number of nitrogens with zero attached hydrogens (tertiary/aromatic N) is 3. The molecule has 0 saturated carbocycles. The summed E-state index contributed by atoms with van der Waals surface area (Å²) >= 11 is 0. The fourth-order valence-electron chi connectivity index (χ4n) is 4.99. The average molecular weight is 520 g/mol. The minimum atomic E-state index is -0.0302. The van der Waals surface area contributed by atoms with Gasteiger partial charge in [-0.25, -0.2) is 0 Å². The molecule has 5 heteroatoms. The fraction of sp³-hybridized carbons (Fsp3) is 0.485. The molecule has 208 valence electrons. The van der Waals surface area contributed by atoms with Crippen LogP contribution < -0.4 is 10.3 Å². The zero-order valence-electron chi connectivity index (χ0n) is 24.9. The molecule has 0 bridgehead atoms. The molecule has 1 aromatic heterocycles. The van der Waals surface area contributed by atoms with Crippen LogP contribution in [-0.4, -0.2) is 54.2 Å².